The molecule has 0 radical (unpaired) electrons. The minimum atomic E-state index is 0.481. The summed E-state index contributed by atoms with van der Waals surface area (Å²) >= 11 is 0. The maximum Gasteiger partial charge on any atom is 0.102 e. The van der Waals surface area contributed by atoms with Gasteiger partial charge in [-0.2, -0.15) is 5.26 Å². The van der Waals surface area contributed by atoms with Gasteiger partial charge in [-0.15, -0.1) is 0 Å². The second-order valence-electron chi connectivity index (χ2n) is 4.45. The number of nitrogens with zero attached hydrogens (tertiary/aromatic N) is 2. The molecule has 2 rings (SSSR count). The fraction of sp³-hybridized carbons (Fsp3) is 0.125. The number of hydrogen-bond donors (Lipinski definition) is 1. The Labute approximate surface area is 113 Å². The van der Waals surface area contributed by atoms with Crippen LogP contribution >= 0.6 is 0 Å². The first-order chi connectivity index (χ1) is 9.13. The minimum absolute atomic E-state index is 0.481. The maximum absolute atomic E-state index is 9.35. The van der Waals surface area contributed by atoms with Gasteiger partial charge >= 0.3 is 0 Å². The lowest BCUT2D eigenvalue weighted by atomic mass is 9.97. The second-order valence-corrected chi connectivity index (χ2v) is 4.45. The van der Waals surface area contributed by atoms with E-state index in [-0.39, 0.29) is 0 Å². The molecule has 1 aromatic heterocycles. The van der Waals surface area contributed by atoms with Gasteiger partial charge in [0.25, 0.3) is 0 Å². The molecular formula is C16H15N3. The molecular weight excluding hydrogens is 234 g/mol. The predicted octanol–water partition coefficient (Wildman–Crippen LogP) is 3.05. The van der Waals surface area contributed by atoms with Crippen LogP contribution < -0.4 is 5.73 Å². The van der Waals surface area contributed by atoms with Crippen LogP contribution in [0.2, 0.25) is 0 Å². The average molecular weight is 249 g/mol. The first kappa shape index (κ1) is 12.8. The molecule has 94 valence electrons. The monoisotopic (exact) mass is 249 g/mol. The Morgan fingerprint density at radius 2 is 1.84 bits per heavy atom. The van der Waals surface area contributed by atoms with Crippen molar-refractivity contribution in [2.24, 2.45) is 5.73 Å². The van der Waals surface area contributed by atoms with Gasteiger partial charge in [-0.1, -0.05) is 23.8 Å². The van der Waals surface area contributed by atoms with E-state index in [4.69, 9.17) is 5.73 Å². The Bertz CT molecular complexity index is 664. The van der Waals surface area contributed by atoms with Crippen molar-refractivity contribution in [2.45, 2.75) is 13.8 Å². The molecule has 0 fully saturated rings. The number of hydrogen-bond acceptors (Lipinski definition) is 3. The third-order valence-corrected chi connectivity index (χ3v) is 3.02. The smallest absolute Gasteiger partial charge is 0.102 e. The Hall–Kier alpha value is -2.60. The van der Waals surface area contributed by atoms with Crippen LogP contribution in [0.25, 0.3) is 11.3 Å². The molecule has 0 aliphatic rings. The van der Waals surface area contributed by atoms with Gasteiger partial charge in [0.1, 0.15) is 6.07 Å². The van der Waals surface area contributed by atoms with Gasteiger partial charge in [0, 0.05) is 18.0 Å². The van der Waals surface area contributed by atoms with E-state index in [9.17, 15) is 5.26 Å². The number of allylic oxidation sites excluding steroid dienone is 1. The third-order valence-electron chi connectivity index (χ3n) is 3.02. The van der Waals surface area contributed by atoms with Gasteiger partial charge < -0.3 is 5.73 Å². The number of benzene rings is 1. The van der Waals surface area contributed by atoms with Crippen molar-refractivity contribution in [1.29, 1.82) is 5.26 Å². The summed E-state index contributed by atoms with van der Waals surface area (Å²) in [5, 5.41) is 9.35. The molecule has 0 amide bonds. The number of pyridine rings is 1. The van der Waals surface area contributed by atoms with Crippen molar-refractivity contribution in [3.8, 4) is 6.07 Å². The molecule has 1 heterocycles. The Morgan fingerprint density at radius 1 is 1.16 bits per heavy atom. The summed E-state index contributed by atoms with van der Waals surface area (Å²) in [6.45, 7) is 4.03. The fourth-order valence-electron chi connectivity index (χ4n) is 2.05. The standard InChI is InChI=1S/C16H15N3/c1-11-3-4-14(12(2)9-11)16(18)15(10-17)13-5-7-19-8-6-13/h3-9H,18H2,1-2H3/b16-15+. The zero-order valence-electron chi connectivity index (χ0n) is 11.0. The zero-order chi connectivity index (χ0) is 13.8. The van der Waals surface area contributed by atoms with Crippen LogP contribution in [0.5, 0.6) is 0 Å². The fourth-order valence-corrected chi connectivity index (χ4v) is 2.05. The molecule has 3 nitrogen and oxygen atoms in total. The van der Waals surface area contributed by atoms with E-state index < -0.39 is 0 Å². The first-order valence-corrected chi connectivity index (χ1v) is 6.01. The van der Waals surface area contributed by atoms with Crippen molar-refractivity contribution in [3.05, 3.63) is 65.0 Å². The number of aromatic nitrogens is 1. The normalized spacial score (nSPS) is 11.6. The van der Waals surface area contributed by atoms with Gasteiger partial charge in [-0.05, 0) is 37.1 Å². The van der Waals surface area contributed by atoms with Gasteiger partial charge in [-0.3, -0.25) is 4.98 Å². The summed E-state index contributed by atoms with van der Waals surface area (Å²) in [5.41, 5.74) is 11.1. The molecule has 0 saturated heterocycles. The molecule has 0 unspecified atom stereocenters. The van der Waals surface area contributed by atoms with Crippen LogP contribution in [0.1, 0.15) is 22.3 Å². The van der Waals surface area contributed by atoms with Crippen molar-refractivity contribution in [1.82, 2.24) is 4.98 Å². The summed E-state index contributed by atoms with van der Waals surface area (Å²) in [5.74, 6) is 0. The summed E-state index contributed by atoms with van der Waals surface area (Å²) in [6.07, 6.45) is 3.31. The number of aryl methyl sites for hydroxylation is 2. The van der Waals surface area contributed by atoms with E-state index >= 15 is 0 Å². The molecule has 0 saturated carbocycles. The third kappa shape index (κ3) is 2.63. The van der Waals surface area contributed by atoms with Crippen LogP contribution in [0.15, 0.2) is 42.7 Å². The van der Waals surface area contributed by atoms with E-state index in [2.05, 4.69) is 17.1 Å². The molecule has 3 heteroatoms. The molecule has 0 aliphatic carbocycles. The zero-order valence-corrected chi connectivity index (χ0v) is 11.0. The van der Waals surface area contributed by atoms with Crippen LogP contribution in [0, 0.1) is 25.2 Å². The van der Waals surface area contributed by atoms with E-state index in [0.29, 0.717) is 11.3 Å². The van der Waals surface area contributed by atoms with E-state index in [1.165, 1.54) is 5.56 Å². The lowest BCUT2D eigenvalue weighted by Crippen LogP contribution is -2.03. The van der Waals surface area contributed by atoms with Gasteiger partial charge in [0.2, 0.25) is 0 Å². The summed E-state index contributed by atoms with van der Waals surface area (Å²) in [6, 6.07) is 11.8. The van der Waals surface area contributed by atoms with Crippen molar-refractivity contribution in [2.75, 3.05) is 0 Å². The lowest BCUT2D eigenvalue weighted by molar-refractivity contribution is 1.31. The second kappa shape index (κ2) is 5.36. The lowest BCUT2D eigenvalue weighted by Gasteiger charge is -2.10. The quantitative estimate of drug-likeness (QED) is 0.832. The van der Waals surface area contributed by atoms with Crippen LogP contribution in [-0.2, 0) is 0 Å². The SMILES string of the molecule is Cc1ccc(/C(N)=C(/C#N)c2ccncc2)c(C)c1. The molecule has 2 N–H and O–H groups in total. The van der Waals surface area contributed by atoms with Gasteiger partial charge in [-0.25, -0.2) is 0 Å². The molecule has 0 spiro atoms. The Morgan fingerprint density at radius 3 is 2.42 bits per heavy atom. The highest BCUT2D eigenvalue weighted by Gasteiger charge is 2.10. The largest absolute Gasteiger partial charge is 0.397 e. The Balaban J connectivity index is 2.59. The average Bonchev–Trinajstić information content (AvgIpc) is 2.40. The molecule has 0 aliphatic heterocycles. The predicted molar refractivity (Wildman–Crippen MR) is 76.8 cm³/mol. The molecule has 0 bridgehead atoms. The summed E-state index contributed by atoms with van der Waals surface area (Å²) < 4.78 is 0. The van der Waals surface area contributed by atoms with Gasteiger partial charge in [0.05, 0.1) is 11.3 Å². The number of nitriles is 1. The first-order valence-electron chi connectivity index (χ1n) is 6.01. The highest BCUT2D eigenvalue weighted by atomic mass is 14.6. The number of rotatable bonds is 2. The Kier molecular flexibility index (Phi) is 3.63. The van der Waals surface area contributed by atoms with E-state index in [0.717, 1.165) is 16.7 Å². The minimum Gasteiger partial charge on any atom is -0.397 e. The van der Waals surface area contributed by atoms with E-state index in [1.54, 1.807) is 24.5 Å². The van der Waals surface area contributed by atoms with Crippen LogP contribution in [-0.4, -0.2) is 4.98 Å². The topological polar surface area (TPSA) is 62.7 Å². The summed E-state index contributed by atoms with van der Waals surface area (Å²) in [7, 11) is 0. The number of nitrogens with two attached hydrogens (primary N) is 1. The van der Waals surface area contributed by atoms with Crippen molar-refractivity contribution in [3.63, 3.8) is 0 Å². The maximum atomic E-state index is 9.35. The van der Waals surface area contributed by atoms with Crippen LogP contribution in [0.3, 0.4) is 0 Å². The molecule has 0 atom stereocenters. The van der Waals surface area contributed by atoms with Crippen LogP contribution in [0.4, 0.5) is 0 Å². The van der Waals surface area contributed by atoms with Gasteiger partial charge in [0.15, 0.2) is 0 Å². The molecule has 2 aromatic rings. The highest BCUT2D eigenvalue weighted by molar-refractivity contribution is 5.96. The van der Waals surface area contributed by atoms with Crippen molar-refractivity contribution >= 4 is 11.3 Å². The highest BCUT2D eigenvalue weighted by Crippen LogP contribution is 2.24. The van der Waals surface area contributed by atoms with E-state index in [1.807, 2.05) is 26.0 Å². The summed E-state index contributed by atoms with van der Waals surface area (Å²) in [4.78, 5) is 3.95. The van der Waals surface area contributed by atoms with Crippen molar-refractivity contribution < 1.29 is 0 Å². The molecule has 19 heavy (non-hydrogen) atoms. The molecule has 1 aromatic carbocycles.